The van der Waals surface area contributed by atoms with E-state index in [2.05, 4.69) is 35.1 Å². The number of hydrogen-bond donors (Lipinski definition) is 2. The van der Waals surface area contributed by atoms with Crippen molar-refractivity contribution in [2.45, 2.75) is 32.4 Å². The average molecular weight is 380 g/mol. The van der Waals surface area contributed by atoms with Crippen LogP contribution >= 0.6 is 15.9 Å². The van der Waals surface area contributed by atoms with E-state index in [0.29, 0.717) is 5.92 Å². The Morgan fingerprint density at radius 3 is 2.00 bits per heavy atom. The molecule has 0 amide bonds. The van der Waals surface area contributed by atoms with Gasteiger partial charge in [-0.05, 0) is 47.7 Å². The lowest BCUT2D eigenvalue weighted by molar-refractivity contribution is 0.218. The molecule has 2 aromatic rings. The van der Waals surface area contributed by atoms with E-state index in [9.17, 15) is 9.50 Å². The molecule has 1 unspecified atom stereocenters. The predicted molar refractivity (Wildman–Crippen MR) is 95.8 cm³/mol. The number of aliphatic hydroxyl groups excluding tert-OH is 1. The monoisotopic (exact) mass is 379 g/mol. The first-order chi connectivity index (χ1) is 11.0. The summed E-state index contributed by atoms with van der Waals surface area (Å²) >= 11 is 3.45. The Balaban J connectivity index is 2.30. The highest BCUT2D eigenvalue weighted by Crippen LogP contribution is 2.25. The Labute approximate surface area is 145 Å². The summed E-state index contributed by atoms with van der Waals surface area (Å²) in [5.74, 6) is 0.239. The van der Waals surface area contributed by atoms with Gasteiger partial charge in [0.15, 0.2) is 0 Å². The number of halogens is 2. The molecule has 0 aromatic heterocycles. The van der Waals surface area contributed by atoms with Crippen LogP contribution in [0.1, 0.15) is 37.4 Å². The Morgan fingerprint density at radius 2 is 1.52 bits per heavy atom. The minimum atomic E-state index is -0.246. The lowest BCUT2D eigenvalue weighted by atomic mass is 9.96. The third-order valence-electron chi connectivity index (χ3n) is 3.79. The Morgan fingerprint density at radius 1 is 1.00 bits per heavy atom. The summed E-state index contributed by atoms with van der Waals surface area (Å²) in [5.41, 5.74) is 2.07. The van der Waals surface area contributed by atoms with Crippen LogP contribution in [-0.2, 0) is 0 Å². The number of nitrogens with one attached hydrogen (secondary N) is 1. The molecule has 0 saturated carbocycles. The molecular weight excluding hydrogens is 357 g/mol. The molecular formula is C19H23BrFNO. The molecule has 0 aliphatic carbocycles. The number of rotatable bonds is 7. The lowest BCUT2D eigenvalue weighted by Gasteiger charge is -2.26. The summed E-state index contributed by atoms with van der Waals surface area (Å²) in [4.78, 5) is 0. The standard InChI is InChI=1S/C19H23BrFNO/c1-13(2)11-18(12-23)22-19(14-3-7-16(20)8-4-14)15-5-9-17(21)10-6-15/h3-10,13,18-19,22-23H,11-12H2,1-2H3/t18-,19?/m0/s1. The van der Waals surface area contributed by atoms with Gasteiger partial charge in [0.1, 0.15) is 5.82 Å². The Kier molecular flexibility index (Phi) is 6.75. The van der Waals surface area contributed by atoms with Crippen LogP contribution in [0.15, 0.2) is 53.0 Å². The molecule has 2 atom stereocenters. The van der Waals surface area contributed by atoms with Crippen LogP contribution in [0.5, 0.6) is 0 Å². The van der Waals surface area contributed by atoms with Crippen LogP contribution in [0.4, 0.5) is 4.39 Å². The number of aliphatic hydroxyl groups is 1. The first-order valence-corrected chi connectivity index (χ1v) is 8.66. The van der Waals surface area contributed by atoms with E-state index in [1.54, 1.807) is 12.1 Å². The molecule has 23 heavy (non-hydrogen) atoms. The highest BCUT2D eigenvalue weighted by Gasteiger charge is 2.19. The maximum Gasteiger partial charge on any atom is 0.123 e. The molecule has 0 aliphatic heterocycles. The first kappa shape index (κ1) is 18.1. The van der Waals surface area contributed by atoms with Gasteiger partial charge >= 0.3 is 0 Å². The van der Waals surface area contributed by atoms with Gasteiger partial charge < -0.3 is 10.4 Å². The summed E-state index contributed by atoms with van der Waals surface area (Å²) in [7, 11) is 0. The molecule has 2 rings (SSSR count). The summed E-state index contributed by atoms with van der Waals surface area (Å²) in [6.45, 7) is 4.35. The summed E-state index contributed by atoms with van der Waals surface area (Å²) < 4.78 is 14.3. The van der Waals surface area contributed by atoms with Crippen molar-refractivity contribution in [2.75, 3.05) is 6.61 Å². The van der Waals surface area contributed by atoms with Gasteiger partial charge in [0.2, 0.25) is 0 Å². The highest BCUT2D eigenvalue weighted by atomic mass is 79.9. The zero-order valence-corrected chi connectivity index (χ0v) is 15.1. The zero-order valence-electron chi connectivity index (χ0n) is 13.5. The molecule has 0 radical (unpaired) electrons. The van der Waals surface area contributed by atoms with Gasteiger partial charge in [0.05, 0.1) is 12.6 Å². The maximum atomic E-state index is 13.2. The second-order valence-electron chi connectivity index (χ2n) is 6.21. The van der Waals surface area contributed by atoms with E-state index in [1.165, 1.54) is 12.1 Å². The summed E-state index contributed by atoms with van der Waals surface area (Å²) in [6, 6.07) is 14.5. The van der Waals surface area contributed by atoms with Crippen LogP contribution in [0.2, 0.25) is 0 Å². The van der Waals surface area contributed by atoms with Gasteiger partial charge in [-0.2, -0.15) is 0 Å². The second-order valence-corrected chi connectivity index (χ2v) is 7.13. The molecule has 0 heterocycles. The molecule has 0 spiro atoms. The molecule has 0 fully saturated rings. The van der Waals surface area contributed by atoms with Crippen molar-refractivity contribution in [3.63, 3.8) is 0 Å². The van der Waals surface area contributed by atoms with Crippen molar-refractivity contribution in [3.8, 4) is 0 Å². The van der Waals surface area contributed by atoms with E-state index in [0.717, 1.165) is 22.0 Å². The molecule has 2 aromatic carbocycles. The molecule has 0 saturated heterocycles. The van der Waals surface area contributed by atoms with Gasteiger partial charge in [-0.15, -0.1) is 0 Å². The second kappa shape index (κ2) is 8.57. The van der Waals surface area contributed by atoms with Crippen molar-refractivity contribution in [1.29, 1.82) is 0 Å². The Hall–Kier alpha value is -1.23. The minimum absolute atomic E-state index is 0.00583. The molecule has 124 valence electrons. The molecule has 0 bridgehead atoms. The molecule has 2 nitrogen and oxygen atoms in total. The smallest absolute Gasteiger partial charge is 0.123 e. The Bertz CT molecular complexity index is 552. The van der Waals surface area contributed by atoms with E-state index < -0.39 is 0 Å². The van der Waals surface area contributed by atoms with Crippen LogP contribution in [0, 0.1) is 11.7 Å². The van der Waals surface area contributed by atoms with Crippen LogP contribution in [-0.4, -0.2) is 17.8 Å². The van der Waals surface area contributed by atoms with E-state index >= 15 is 0 Å². The summed E-state index contributed by atoms with van der Waals surface area (Å²) in [6.07, 6.45) is 0.880. The van der Waals surface area contributed by atoms with Crippen LogP contribution in [0.3, 0.4) is 0 Å². The van der Waals surface area contributed by atoms with Gasteiger partial charge in [-0.1, -0.05) is 54.0 Å². The van der Waals surface area contributed by atoms with Gasteiger partial charge in [-0.25, -0.2) is 4.39 Å². The van der Waals surface area contributed by atoms with E-state index in [-0.39, 0.29) is 24.5 Å². The van der Waals surface area contributed by atoms with Crippen LogP contribution in [0.25, 0.3) is 0 Å². The van der Waals surface area contributed by atoms with Crippen molar-refractivity contribution >= 4 is 15.9 Å². The first-order valence-electron chi connectivity index (χ1n) is 7.87. The van der Waals surface area contributed by atoms with Gasteiger partial charge in [-0.3, -0.25) is 0 Å². The van der Waals surface area contributed by atoms with Crippen molar-refractivity contribution in [2.24, 2.45) is 5.92 Å². The normalized spacial score (nSPS) is 14.0. The SMILES string of the molecule is CC(C)C[C@@H](CO)NC(c1ccc(F)cc1)c1ccc(Br)cc1. The van der Waals surface area contributed by atoms with Crippen molar-refractivity contribution < 1.29 is 9.50 Å². The van der Waals surface area contributed by atoms with E-state index in [4.69, 9.17) is 0 Å². The van der Waals surface area contributed by atoms with Gasteiger partial charge in [0.25, 0.3) is 0 Å². The molecule has 0 aliphatic rings. The van der Waals surface area contributed by atoms with Crippen molar-refractivity contribution in [1.82, 2.24) is 5.32 Å². The van der Waals surface area contributed by atoms with Crippen molar-refractivity contribution in [3.05, 3.63) is 69.9 Å². The fraction of sp³-hybridized carbons (Fsp3) is 0.368. The fourth-order valence-electron chi connectivity index (χ4n) is 2.70. The topological polar surface area (TPSA) is 32.3 Å². The van der Waals surface area contributed by atoms with Crippen LogP contribution < -0.4 is 5.32 Å². The maximum absolute atomic E-state index is 13.2. The average Bonchev–Trinajstić information content (AvgIpc) is 2.53. The molecule has 2 N–H and O–H groups in total. The predicted octanol–water partition coefficient (Wildman–Crippen LogP) is 4.67. The minimum Gasteiger partial charge on any atom is -0.395 e. The summed E-state index contributed by atoms with van der Waals surface area (Å²) in [5, 5.41) is 13.2. The largest absolute Gasteiger partial charge is 0.395 e. The fourth-order valence-corrected chi connectivity index (χ4v) is 2.96. The number of hydrogen-bond acceptors (Lipinski definition) is 2. The molecule has 4 heteroatoms. The third-order valence-corrected chi connectivity index (χ3v) is 4.31. The highest BCUT2D eigenvalue weighted by molar-refractivity contribution is 9.10. The lowest BCUT2D eigenvalue weighted by Crippen LogP contribution is -2.37. The zero-order chi connectivity index (χ0) is 16.8. The third kappa shape index (κ3) is 5.41. The van der Waals surface area contributed by atoms with E-state index in [1.807, 2.05) is 24.3 Å². The quantitative estimate of drug-likeness (QED) is 0.732. The number of benzene rings is 2. The van der Waals surface area contributed by atoms with Gasteiger partial charge in [0, 0.05) is 10.5 Å².